The van der Waals surface area contributed by atoms with Gasteiger partial charge in [0.15, 0.2) is 0 Å². The number of aliphatic hydroxyl groups is 1. The molecule has 0 aliphatic carbocycles. The molecule has 2 unspecified atom stereocenters. The quantitative estimate of drug-likeness (QED) is 0.874. The van der Waals surface area contributed by atoms with Crippen LogP contribution in [0.2, 0.25) is 0 Å². The second-order valence-electron chi connectivity index (χ2n) is 5.09. The molecule has 2 rings (SSSR count). The van der Waals surface area contributed by atoms with Crippen LogP contribution in [0.5, 0.6) is 0 Å². The molecular formula is C15H22N2O2. The Morgan fingerprint density at radius 3 is 2.63 bits per heavy atom. The van der Waals surface area contributed by atoms with Gasteiger partial charge in [0.2, 0.25) is 5.91 Å². The predicted octanol–water partition coefficient (Wildman–Crippen LogP) is 1.84. The number of hydrogen-bond donors (Lipinski definition) is 2. The first-order valence-electron chi connectivity index (χ1n) is 6.89. The monoisotopic (exact) mass is 262 g/mol. The summed E-state index contributed by atoms with van der Waals surface area (Å²) in [6.07, 6.45) is 2.66. The minimum Gasteiger partial charge on any atom is -0.389 e. The second-order valence-corrected chi connectivity index (χ2v) is 5.09. The first-order valence-corrected chi connectivity index (χ1v) is 6.89. The molecule has 0 aromatic heterocycles. The van der Waals surface area contributed by atoms with Crippen molar-refractivity contribution in [2.75, 3.05) is 18.5 Å². The number of nitrogens with zero attached hydrogens (tertiary/aromatic N) is 1. The molecule has 1 aromatic carbocycles. The summed E-state index contributed by atoms with van der Waals surface area (Å²) >= 11 is 0. The summed E-state index contributed by atoms with van der Waals surface area (Å²) in [7, 11) is 1.69. The lowest BCUT2D eigenvalue weighted by molar-refractivity contribution is -0.122. The Morgan fingerprint density at radius 2 is 2.05 bits per heavy atom. The van der Waals surface area contributed by atoms with Crippen LogP contribution < -0.4 is 10.2 Å². The molecule has 1 aliphatic rings. The number of piperidine rings is 1. The van der Waals surface area contributed by atoms with Crippen LogP contribution in [0.25, 0.3) is 0 Å². The molecule has 1 saturated heterocycles. The zero-order chi connectivity index (χ0) is 13.8. The Kier molecular flexibility index (Phi) is 4.43. The average molecular weight is 262 g/mol. The fourth-order valence-electron chi connectivity index (χ4n) is 2.62. The van der Waals surface area contributed by atoms with E-state index in [1.54, 1.807) is 14.0 Å². The van der Waals surface area contributed by atoms with E-state index in [1.807, 2.05) is 24.3 Å². The Morgan fingerprint density at radius 1 is 1.37 bits per heavy atom. The molecular weight excluding hydrogens is 240 g/mol. The number of likely N-dealkylation sites (N-methyl/N-ethyl adjacent to an activating group) is 1. The Balaban J connectivity index is 2.19. The highest BCUT2D eigenvalue weighted by molar-refractivity contribution is 5.85. The van der Waals surface area contributed by atoms with Crippen LogP contribution in [0.1, 0.15) is 37.9 Å². The van der Waals surface area contributed by atoms with Gasteiger partial charge in [0.25, 0.3) is 0 Å². The zero-order valence-electron chi connectivity index (χ0n) is 11.6. The predicted molar refractivity (Wildman–Crippen MR) is 76.1 cm³/mol. The van der Waals surface area contributed by atoms with E-state index in [9.17, 15) is 9.90 Å². The van der Waals surface area contributed by atoms with E-state index in [-0.39, 0.29) is 11.9 Å². The molecule has 0 spiro atoms. The topological polar surface area (TPSA) is 52.6 Å². The van der Waals surface area contributed by atoms with E-state index in [1.165, 1.54) is 0 Å². The van der Waals surface area contributed by atoms with Crippen molar-refractivity contribution in [3.05, 3.63) is 29.8 Å². The molecule has 4 nitrogen and oxygen atoms in total. The molecule has 1 heterocycles. The summed E-state index contributed by atoms with van der Waals surface area (Å²) in [5.41, 5.74) is 1.95. The van der Waals surface area contributed by atoms with Crippen molar-refractivity contribution in [3.63, 3.8) is 0 Å². The number of benzene rings is 1. The molecule has 4 heteroatoms. The van der Waals surface area contributed by atoms with Gasteiger partial charge in [-0.3, -0.25) is 4.79 Å². The molecule has 2 N–H and O–H groups in total. The van der Waals surface area contributed by atoms with Gasteiger partial charge < -0.3 is 15.3 Å². The fraction of sp³-hybridized carbons (Fsp3) is 0.533. The van der Waals surface area contributed by atoms with Crippen molar-refractivity contribution >= 4 is 11.6 Å². The standard InChI is InChI=1S/C15H22N2O2/c1-11(18)12-6-8-13(9-7-12)17-10-4-3-5-14(17)15(19)16-2/h6-9,11,14,18H,3-5,10H2,1-2H3,(H,16,19). The van der Waals surface area contributed by atoms with Crippen molar-refractivity contribution in [1.29, 1.82) is 0 Å². The highest BCUT2D eigenvalue weighted by Crippen LogP contribution is 2.26. The SMILES string of the molecule is CNC(=O)C1CCCCN1c1ccc(C(C)O)cc1. The molecule has 104 valence electrons. The van der Waals surface area contributed by atoms with Gasteiger partial charge in [-0.15, -0.1) is 0 Å². The van der Waals surface area contributed by atoms with Crippen LogP contribution in [0, 0.1) is 0 Å². The highest BCUT2D eigenvalue weighted by Gasteiger charge is 2.28. The van der Waals surface area contributed by atoms with Gasteiger partial charge in [0, 0.05) is 19.3 Å². The maximum absolute atomic E-state index is 11.9. The Bertz CT molecular complexity index is 428. The second kappa shape index (κ2) is 6.06. The van der Waals surface area contributed by atoms with Crippen molar-refractivity contribution < 1.29 is 9.90 Å². The normalized spacial score (nSPS) is 21.0. The summed E-state index contributed by atoms with van der Waals surface area (Å²) in [4.78, 5) is 14.1. The number of anilines is 1. The molecule has 1 amide bonds. The average Bonchev–Trinajstić information content (AvgIpc) is 2.46. The van der Waals surface area contributed by atoms with Gasteiger partial charge in [-0.2, -0.15) is 0 Å². The Hall–Kier alpha value is -1.55. The molecule has 0 radical (unpaired) electrons. The van der Waals surface area contributed by atoms with E-state index in [2.05, 4.69) is 10.2 Å². The maximum Gasteiger partial charge on any atom is 0.242 e. The van der Waals surface area contributed by atoms with Crippen LogP contribution in [-0.4, -0.2) is 30.6 Å². The number of carbonyl (C=O) groups is 1. The summed E-state index contributed by atoms with van der Waals surface area (Å²) in [5, 5.41) is 12.3. The van der Waals surface area contributed by atoms with Crippen molar-refractivity contribution in [1.82, 2.24) is 5.32 Å². The largest absolute Gasteiger partial charge is 0.389 e. The molecule has 0 saturated carbocycles. The molecule has 2 atom stereocenters. The number of amides is 1. The first-order chi connectivity index (χ1) is 9.13. The van der Waals surface area contributed by atoms with E-state index in [0.717, 1.165) is 37.1 Å². The van der Waals surface area contributed by atoms with Gasteiger partial charge in [0.05, 0.1) is 6.10 Å². The third-order valence-electron chi connectivity index (χ3n) is 3.76. The number of hydrogen-bond acceptors (Lipinski definition) is 3. The summed E-state index contributed by atoms with van der Waals surface area (Å²) in [6, 6.07) is 7.76. The lowest BCUT2D eigenvalue weighted by Gasteiger charge is -2.36. The summed E-state index contributed by atoms with van der Waals surface area (Å²) < 4.78 is 0. The highest BCUT2D eigenvalue weighted by atomic mass is 16.3. The van der Waals surface area contributed by atoms with Crippen LogP contribution in [0.4, 0.5) is 5.69 Å². The van der Waals surface area contributed by atoms with Crippen LogP contribution in [0.3, 0.4) is 0 Å². The van der Waals surface area contributed by atoms with Gasteiger partial charge in [0.1, 0.15) is 6.04 Å². The van der Waals surface area contributed by atoms with E-state index in [0.29, 0.717) is 0 Å². The third kappa shape index (κ3) is 3.07. The lowest BCUT2D eigenvalue weighted by Crippen LogP contribution is -2.48. The van der Waals surface area contributed by atoms with Crippen LogP contribution in [0.15, 0.2) is 24.3 Å². The fourth-order valence-corrected chi connectivity index (χ4v) is 2.62. The van der Waals surface area contributed by atoms with Gasteiger partial charge in [-0.1, -0.05) is 12.1 Å². The Labute approximate surface area is 114 Å². The van der Waals surface area contributed by atoms with Crippen LogP contribution >= 0.6 is 0 Å². The number of aliphatic hydroxyl groups excluding tert-OH is 1. The first kappa shape index (κ1) is 13.9. The summed E-state index contributed by atoms with van der Waals surface area (Å²) in [5.74, 6) is 0.0827. The lowest BCUT2D eigenvalue weighted by atomic mass is 10.00. The maximum atomic E-state index is 11.9. The third-order valence-corrected chi connectivity index (χ3v) is 3.76. The summed E-state index contributed by atoms with van der Waals surface area (Å²) in [6.45, 7) is 2.66. The molecule has 19 heavy (non-hydrogen) atoms. The van der Waals surface area contributed by atoms with E-state index >= 15 is 0 Å². The van der Waals surface area contributed by atoms with Gasteiger partial charge >= 0.3 is 0 Å². The molecule has 1 fully saturated rings. The van der Waals surface area contributed by atoms with Crippen molar-refractivity contribution in [2.45, 2.75) is 38.3 Å². The molecule has 1 aliphatic heterocycles. The van der Waals surface area contributed by atoms with E-state index < -0.39 is 6.10 Å². The van der Waals surface area contributed by atoms with Gasteiger partial charge in [-0.05, 0) is 43.9 Å². The van der Waals surface area contributed by atoms with Crippen molar-refractivity contribution in [2.24, 2.45) is 0 Å². The minimum atomic E-state index is -0.454. The van der Waals surface area contributed by atoms with Gasteiger partial charge in [-0.25, -0.2) is 0 Å². The molecule has 0 bridgehead atoms. The number of nitrogens with one attached hydrogen (secondary N) is 1. The molecule has 1 aromatic rings. The minimum absolute atomic E-state index is 0.0730. The smallest absolute Gasteiger partial charge is 0.242 e. The number of carbonyl (C=O) groups excluding carboxylic acids is 1. The van der Waals surface area contributed by atoms with E-state index in [4.69, 9.17) is 0 Å². The van der Waals surface area contributed by atoms with Crippen molar-refractivity contribution in [3.8, 4) is 0 Å². The van der Waals surface area contributed by atoms with Crippen LogP contribution in [-0.2, 0) is 4.79 Å². The zero-order valence-corrected chi connectivity index (χ0v) is 11.6. The number of rotatable bonds is 3.